The second-order valence-electron chi connectivity index (χ2n) is 19.3. The van der Waals surface area contributed by atoms with Crippen molar-refractivity contribution < 1.29 is 24.5 Å². The zero-order chi connectivity index (χ0) is 45.8. The molecule has 0 saturated carbocycles. The average Bonchev–Trinajstić information content (AvgIpc) is 3.28. The van der Waals surface area contributed by atoms with Crippen LogP contribution in [-0.2, 0) is 14.3 Å². The van der Waals surface area contributed by atoms with Crippen LogP contribution in [0.25, 0.3) is 0 Å². The van der Waals surface area contributed by atoms with Crippen LogP contribution in [-0.4, -0.2) is 47.4 Å². The molecule has 6 heteroatoms. The molecule has 0 aliphatic rings. The second-order valence-corrected chi connectivity index (χ2v) is 19.3. The molecule has 0 aliphatic heterocycles. The van der Waals surface area contributed by atoms with Crippen LogP contribution in [0.3, 0.4) is 0 Å². The van der Waals surface area contributed by atoms with Crippen molar-refractivity contribution in [2.24, 2.45) is 0 Å². The van der Waals surface area contributed by atoms with E-state index >= 15 is 0 Å². The number of aliphatic hydroxyl groups is 2. The summed E-state index contributed by atoms with van der Waals surface area (Å²) in [5.74, 6) is -0.0490. The van der Waals surface area contributed by atoms with Gasteiger partial charge in [0.05, 0.1) is 25.4 Å². The molecule has 2 unspecified atom stereocenters. The van der Waals surface area contributed by atoms with Crippen LogP contribution < -0.4 is 5.32 Å². The number of unbranched alkanes of at least 4 members (excludes halogenated alkanes) is 37. The van der Waals surface area contributed by atoms with Gasteiger partial charge in [-0.1, -0.05) is 237 Å². The lowest BCUT2D eigenvalue weighted by Crippen LogP contribution is -2.45. The Balaban J connectivity index is 3.43. The molecule has 0 rings (SSSR count). The maximum absolute atomic E-state index is 12.4. The van der Waals surface area contributed by atoms with E-state index in [2.05, 4.69) is 43.5 Å². The molecule has 0 aliphatic carbocycles. The van der Waals surface area contributed by atoms with Crippen molar-refractivity contribution in [3.05, 3.63) is 24.3 Å². The van der Waals surface area contributed by atoms with Crippen molar-refractivity contribution in [1.82, 2.24) is 5.32 Å². The molecule has 0 aromatic carbocycles. The molecule has 0 bridgehead atoms. The van der Waals surface area contributed by atoms with Crippen LogP contribution >= 0.6 is 0 Å². The average molecular weight is 889 g/mol. The van der Waals surface area contributed by atoms with Crippen molar-refractivity contribution in [3.63, 3.8) is 0 Å². The number of hydrogen-bond donors (Lipinski definition) is 3. The van der Waals surface area contributed by atoms with Crippen LogP contribution in [0.2, 0.25) is 0 Å². The molecule has 0 heterocycles. The Hall–Kier alpha value is -1.66. The van der Waals surface area contributed by atoms with Gasteiger partial charge in [-0.25, -0.2) is 0 Å². The third-order valence-corrected chi connectivity index (χ3v) is 13.0. The topological polar surface area (TPSA) is 95.9 Å². The summed E-state index contributed by atoms with van der Waals surface area (Å²) < 4.78 is 5.47. The molecule has 0 aromatic rings. The molecule has 63 heavy (non-hydrogen) atoms. The monoisotopic (exact) mass is 888 g/mol. The van der Waals surface area contributed by atoms with E-state index in [9.17, 15) is 19.8 Å². The SMILES string of the molecule is CCCCCCCC/C=C\CCCCCCCC(=O)OCCCCCCCCCC/C=C\CCCCCCCCCC(=O)NC(CO)C(O)CCCCCCCCCCCCCC. The summed E-state index contributed by atoms with van der Waals surface area (Å²) in [6, 6.07) is -0.547. The predicted molar refractivity (Wildman–Crippen MR) is 273 cm³/mol. The van der Waals surface area contributed by atoms with Gasteiger partial charge in [-0.3, -0.25) is 9.59 Å². The minimum Gasteiger partial charge on any atom is -0.466 e. The summed E-state index contributed by atoms with van der Waals surface area (Å²) in [5, 5.41) is 23.2. The van der Waals surface area contributed by atoms with Gasteiger partial charge in [-0.15, -0.1) is 0 Å². The zero-order valence-electron chi connectivity index (χ0n) is 42.3. The van der Waals surface area contributed by atoms with Gasteiger partial charge in [0.1, 0.15) is 0 Å². The van der Waals surface area contributed by atoms with Gasteiger partial charge in [0.25, 0.3) is 0 Å². The first-order chi connectivity index (χ1) is 31.0. The maximum Gasteiger partial charge on any atom is 0.305 e. The number of esters is 1. The van der Waals surface area contributed by atoms with Crippen molar-refractivity contribution in [2.45, 2.75) is 315 Å². The molecule has 0 aromatic heterocycles. The Morgan fingerprint density at radius 2 is 0.746 bits per heavy atom. The predicted octanol–water partition coefficient (Wildman–Crippen LogP) is 17.1. The number of aliphatic hydroxyl groups excluding tert-OH is 2. The van der Waals surface area contributed by atoms with Crippen LogP contribution in [0.15, 0.2) is 24.3 Å². The van der Waals surface area contributed by atoms with Gasteiger partial charge in [0.15, 0.2) is 0 Å². The van der Waals surface area contributed by atoms with Crippen LogP contribution in [0.1, 0.15) is 303 Å². The van der Waals surface area contributed by atoms with Gasteiger partial charge < -0.3 is 20.3 Å². The highest BCUT2D eigenvalue weighted by molar-refractivity contribution is 5.76. The lowest BCUT2D eigenvalue weighted by molar-refractivity contribution is -0.143. The first kappa shape index (κ1) is 61.3. The quantitative estimate of drug-likeness (QED) is 0.0321. The Labute approximate surface area is 392 Å². The van der Waals surface area contributed by atoms with Crippen molar-refractivity contribution in [3.8, 4) is 0 Å². The van der Waals surface area contributed by atoms with Crippen molar-refractivity contribution in [1.29, 1.82) is 0 Å². The van der Waals surface area contributed by atoms with Crippen LogP contribution in [0.5, 0.6) is 0 Å². The number of ether oxygens (including phenoxy) is 1. The Morgan fingerprint density at radius 3 is 1.13 bits per heavy atom. The number of hydrogen-bond acceptors (Lipinski definition) is 5. The van der Waals surface area contributed by atoms with E-state index in [-0.39, 0.29) is 18.5 Å². The lowest BCUT2D eigenvalue weighted by atomic mass is 10.0. The molecule has 0 radical (unpaired) electrons. The highest BCUT2D eigenvalue weighted by atomic mass is 16.5. The molecule has 372 valence electrons. The Bertz CT molecular complexity index is 982. The van der Waals surface area contributed by atoms with E-state index in [4.69, 9.17) is 4.74 Å². The van der Waals surface area contributed by atoms with Gasteiger partial charge in [-0.2, -0.15) is 0 Å². The largest absolute Gasteiger partial charge is 0.466 e. The summed E-state index contributed by atoms with van der Waals surface area (Å²) in [4.78, 5) is 24.5. The number of carbonyl (C=O) groups excluding carboxylic acids is 2. The highest BCUT2D eigenvalue weighted by Crippen LogP contribution is 2.16. The molecular formula is C57H109NO5. The standard InChI is InChI=1S/C57H109NO5/c1-3-5-7-9-11-13-15-17-23-27-31-35-39-43-47-51-57(62)63-52-48-44-40-36-32-28-25-22-20-18-19-21-24-26-30-34-38-42-46-50-56(61)58-54(53-59)55(60)49-45-41-37-33-29-16-14-12-10-8-6-4-2/h17-19,23,54-55,59-60H,3-16,20-22,24-53H2,1-2H3,(H,58,61)/b19-18-,23-17-. The first-order valence-electron chi connectivity index (χ1n) is 28.1. The van der Waals surface area contributed by atoms with Crippen molar-refractivity contribution >= 4 is 11.9 Å². The van der Waals surface area contributed by atoms with Crippen LogP contribution in [0.4, 0.5) is 0 Å². The summed E-state index contributed by atoms with van der Waals surface area (Å²) >= 11 is 0. The zero-order valence-corrected chi connectivity index (χ0v) is 42.3. The first-order valence-corrected chi connectivity index (χ1v) is 28.1. The Morgan fingerprint density at radius 1 is 0.429 bits per heavy atom. The fourth-order valence-corrected chi connectivity index (χ4v) is 8.63. The van der Waals surface area contributed by atoms with Gasteiger partial charge in [0, 0.05) is 12.8 Å². The normalized spacial score (nSPS) is 12.8. The van der Waals surface area contributed by atoms with Crippen LogP contribution in [0, 0.1) is 0 Å². The van der Waals surface area contributed by atoms with Gasteiger partial charge >= 0.3 is 5.97 Å². The van der Waals surface area contributed by atoms with E-state index in [0.29, 0.717) is 25.9 Å². The lowest BCUT2D eigenvalue weighted by Gasteiger charge is -2.22. The van der Waals surface area contributed by atoms with E-state index in [1.807, 2.05) is 0 Å². The smallest absolute Gasteiger partial charge is 0.305 e. The summed E-state index contributed by atoms with van der Waals surface area (Å²) in [6.07, 6.45) is 63.0. The van der Waals surface area contributed by atoms with Gasteiger partial charge in [-0.05, 0) is 77.0 Å². The van der Waals surface area contributed by atoms with E-state index in [0.717, 1.165) is 44.9 Å². The minimum atomic E-state index is -0.669. The maximum atomic E-state index is 12.4. The second kappa shape index (κ2) is 53.0. The van der Waals surface area contributed by atoms with E-state index in [1.54, 1.807) is 0 Å². The number of amides is 1. The van der Waals surface area contributed by atoms with E-state index < -0.39 is 12.1 Å². The molecule has 6 nitrogen and oxygen atoms in total. The number of rotatable bonds is 52. The third kappa shape index (κ3) is 49.6. The van der Waals surface area contributed by atoms with E-state index in [1.165, 1.54) is 225 Å². The molecular weight excluding hydrogens is 779 g/mol. The summed E-state index contributed by atoms with van der Waals surface area (Å²) in [6.45, 7) is 4.93. The Kier molecular flexibility index (Phi) is 51.6. The third-order valence-electron chi connectivity index (χ3n) is 13.0. The molecule has 2 atom stereocenters. The molecule has 1 amide bonds. The number of carbonyl (C=O) groups is 2. The molecule has 0 spiro atoms. The number of nitrogens with one attached hydrogen (secondary N) is 1. The number of allylic oxidation sites excluding steroid dienone is 4. The highest BCUT2D eigenvalue weighted by Gasteiger charge is 2.20. The molecule has 0 saturated heterocycles. The fourth-order valence-electron chi connectivity index (χ4n) is 8.63. The molecule has 3 N–H and O–H groups in total. The minimum absolute atomic E-state index is 0.00401. The summed E-state index contributed by atoms with van der Waals surface area (Å²) in [7, 11) is 0. The van der Waals surface area contributed by atoms with Gasteiger partial charge in [0.2, 0.25) is 5.91 Å². The fraction of sp³-hybridized carbons (Fsp3) is 0.895. The van der Waals surface area contributed by atoms with Crippen molar-refractivity contribution in [2.75, 3.05) is 13.2 Å². The molecule has 0 fully saturated rings. The summed E-state index contributed by atoms with van der Waals surface area (Å²) in [5.41, 5.74) is 0.